The van der Waals surface area contributed by atoms with Crippen LogP contribution in [0.4, 0.5) is 33.7 Å². The number of hydrogen-bond donors (Lipinski definition) is 2. The molecule has 2 aromatic carbocycles. The molecule has 3 aromatic rings. The fraction of sp³-hybridized carbons (Fsp3) is 0.130. The number of aromatic nitrogens is 1. The molecule has 0 saturated carbocycles. The van der Waals surface area contributed by atoms with Gasteiger partial charge in [-0.25, -0.2) is 19.5 Å². The van der Waals surface area contributed by atoms with E-state index < -0.39 is 11.9 Å². The van der Waals surface area contributed by atoms with Crippen LogP contribution in [0.1, 0.15) is 9.67 Å². The second kappa shape index (κ2) is 16.3. The molecule has 36 heavy (non-hydrogen) atoms. The van der Waals surface area contributed by atoms with Gasteiger partial charge in [-0.2, -0.15) is 4.99 Å². The molecule has 13 heteroatoms. The number of benzene rings is 2. The lowest BCUT2D eigenvalue weighted by Crippen LogP contribution is -2.01. The summed E-state index contributed by atoms with van der Waals surface area (Å²) in [5, 5.41) is 5.76. The quantitative estimate of drug-likeness (QED) is 0.129. The van der Waals surface area contributed by atoms with E-state index in [0.717, 1.165) is 22.7 Å². The Labute approximate surface area is 222 Å². The van der Waals surface area contributed by atoms with Crippen LogP contribution < -0.4 is 11.1 Å². The highest BCUT2D eigenvalue weighted by molar-refractivity contribution is 7.78. The summed E-state index contributed by atoms with van der Waals surface area (Å²) in [7, 11) is 2.59. The van der Waals surface area contributed by atoms with Crippen molar-refractivity contribution in [2.75, 3.05) is 31.2 Å². The molecule has 0 aliphatic heterocycles. The molecule has 0 bridgehead atoms. The van der Waals surface area contributed by atoms with Crippen LogP contribution in [0, 0.1) is 13.1 Å². The number of nitrogens with one attached hydrogen (secondary N) is 1. The van der Waals surface area contributed by atoms with Crippen LogP contribution in [0.25, 0.3) is 9.69 Å². The number of nitrogens with zero attached hydrogens (tertiary/aromatic N) is 4. The molecular weight excluding hydrogens is 524 g/mol. The van der Waals surface area contributed by atoms with Crippen molar-refractivity contribution >= 4 is 86.0 Å². The third kappa shape index (κ3) is 10.3. The molecule has 3 N–H and O–H groups in total. The van der Waals surface area contributed by atoms with Crippen LogP contribution in [-0.2, 0) is 14.3 Å². The molecule has 0 fully saturated rings. The van der Waals surface area contributed by atoms with Gasteiger partial charge in [0.2, 0.25) is 0 Å². The van der Waals surface area contributed by atoms with Crippen molar-refractivity contribution in [2.45, 2.75) is 0 Å². The molecule has 0 unspecified atom stereocenters. The second-order valence-electron chi connectivity index (χ2n) is 6.05. The normalized spacial score (nSPS) is 8.81. The van der Waals surface area contributed by atoms with Crippen molar-refractivity contribution in [1.29, 1.82) is 0 Å². The average Bonchev–Trinajstić information content (AvgIpc) is 3.29. The Morgan fingerprint density at radius 3 is 2.08 bits per heavy atom. The summed E-state index contributed by atoms with van der Waals surface area (Å²) >= 11 is 10.5. The maximum atomic E-state index is 11.4. The van der Waals surface area contributed by atoms with E-state index in [1.54, 1.807) is 48.5 Å². The molecule has 184 valence electrons. The van der Waals surface area contributed by atoms with E-state index >= 15 is 0 Å². The lowest BCUT2D eigenvalue weighted by atomic mass is 10.3. The number of carbonyl (C=O) groups is 2. The van der Waals surface area contributed by atoms with Gasteiger partial charge in [0.25, 0.3) is 0 Å². The van der Waals surface area contributed by atoms with Crippen molar-refractivity contribution in [1.82, 2.24) is 4.98 Å². The van der Waals surface area contributed by atoms with Gasteiger partial charge in [0.05, 0.1) is 38.2 Å². The van der Waals surface area contributed by atoms with E-state index in [-0.39, 0.29) is 16.6 Å². The predicted molar refractivity (Wildman–Crippen MR) is 144 cm³/mol. The first-order valence-corrected chi connectivity index (χ1v) is 11.3. The first kappa shape index (κ1) is 29.7. The molecule has 0 aliphatic rings. The number of nitrogen functional groups attached to an aromatic ring is 1. The number of aliphatic imine (C=N–C) groups is 1. The number of thiazole rings is 1. The summed E-state index contributed by atoms with van der Waals surface area (Å²) in [4.78, 5) is 35.8. The molecule has 0 spiro atoms. The van der Waals surface area contributed by atoms with Crippen molar-refractivity contribution < 1.29 is 19.1 Å². The third-order valence-electron chi connectivity index (χ3n) is 3.76. The van der Waals surface area contributed by atoms with E-state index in [1.165, 1.54) is 14.2 Å². The first-order valence-electron chi connectivity index (χ1n) is 9.59. The zero-order valence-corrected chi connectivity index (χ0v) is 21.4. The van der Waals surface area contributed by atoms with E-state index in [1.807, 2.05) is 0 Å². The van der Waals surface area contributed by atoms with Gasteiger partial charge in [0.1, 0.15) is 5.88 Å². The zero-order chi connectivity index (χ0) is 26.9. The number of nitrogens with two attached hydrogens (primary N) is 1. The average molecular weight is 543 g/mol. The van der Waals surface area contributed by atoms with E-state index in [9.17, 15) is 9.59 Å². The largest absolute Gasteiger partial charge is 0.468 e. The van der Waals surface area contributed by atoms with Gasteiger partial charge < -0.3 is 20.5 Å². The van der Waals surface area contributed by atoms with Crippen molar-refractivity contribution in [3.05, 3.63) is 76.2 Å². The summed E-state index contributed by atoms with van der Waals surface area (Å²) in [6, 6.07) is 13.7. The van der Waals surface area contributed by atoms with Crippen LogP contribution in [-0.4, -0.2) is 42.2 Å². The minimum atomic E-state index is -0.508. The summed E-state index contributed by atoms with van der Waals surface area (Å²) in [6.07, 6.45) is 0. The van der Waals surface area contributed by atoms with Gasteiger partial charge in [0, 0.05) is 5.69 Å². The van der Waals surface area contributed by atoms with Crippen molar-refractivity contribution in [2.24, 2.45) is 4.99 Å². The van der Waals surface area contributed by atoms with Gasteiger partial charge in [0.15, 0.2) is 27.2 Å². The Kier molecular flexibility index (Phi) is 13.5. The summed E-state index contributed by atoms with van der Waals surface area (Å²) in [5.74, 6) is -0.823. The number of ether oxygens (including phenoxy) is 2. The Morgan fingerprint density at radius 1 is 1.11 bits per heavy atom. The zero-order valence-electron chi connectivity index (χ0n) is 19.0. The van der Waals surface area contributed by atoms with Crippen LogP contribution in [0.15, 0.2) is 53.5 Å². The number of halogens is 1. The lowest BCUT2D eigenvalue weighted by Gasteiger charge is -2.01. The number of isothiocyanates is 1. The highest BCUT2D eigenvalue weighted by Gasteiger charge is 2.16. The SMILES string of the molecule is COC(=O)CCl.[C-]#[N+]c1ccc(N=C=S)cc1.[C-]#[N+]c1ccc(Nc2nc(N)c(C(=O)OC)s2)cc1. The summed E-state index contributed by atoms with van der Waals surface area (Å²) < 4.78 is 8.73. The molecule has 0 radical (unpaired) electrons. The Bertz CT molecular complexity index is 1290. The fourth-order valence-electron chi connectivity index (χ4n) is 2.08. The smallest absolute Gasteiger partial charge is 0.351 e. The summed E-state index contributed by atoms with van der Waals surface area (Å²) in [5.41, 5.74) is 8.29. The molecule has 1 heterocycles. The number of rotatable bonds is 5. The summed E-state index contributed by atoms with van der Waals surface area (Å²) in [6.45, 7) is 13.5. The highest BCUT2D eigenvalue weighted by atomic mass is 35.5. The van der Waals surface area contributed by atoms with Crippen LogP contribution >= 0.6 is 35.2 Å². The van der Waals surface area contributed by atoms with Gasteiger partial charge >= 0.3 is 11.9 Å². The Morgan fingerprint density at radius 2 is 1.67 bits per heavy atom. The van der Waals surface area contributed by atoms with E-state index in [2.05, 4.69) is 51.8 Å². The minimum Gasteiger partial charge on any atom is -0.468 e. The van der Waals surface area contributed by atoms with Crippen molar-refractivity contribution in [3.8, 4) is 0 Å². The molecule has 0 atom stereocenters. The fourth-order valence-corrected chi connectivity index (χ4v) is 3.11. The number of esters is 2. The van der Waals surface area contributed by atoms with Crippen LogP contribution in [0.2, 0.25) is 0 Å². The number of anilines is 3. The maximum absolute atomic E-state index is 11.4. The van der Waals surface area contributed by atoms with Gasteiger partial charge in [-0.3, -0.25) is 4.79 Å². The van der Waals surface area contributed by atoms with Gasteiger partial charge in [-0.05, 0) is 36.5 Å². The molecule has 10 nitrogen and oxygen atoms in total. The highest BCUT2D eigenvalue weighted by Crippen LogP contribution is 2.28. The van der Waals surface area contributed by atoms with Gasteiger partial charge in [-0.1, -0.05) is 35.6 Å². The topological polar surface area (TPSA) is 125 Å². The number of hydrogen-bond acceptors (Lipinski definition) is 10. The monoisotopic (exact) mass is 542 g/mol. The van der Waals surface area contributed by atoms with Crippen LogP contribution in [0.5, 0.6) is 0 Å². The maximum Gasteiger partial charge on any atom is 0.351 e. The van der Waals surface area contributed by atoms with Crippen LogP contribution in [0.3, 0.4) is 0 Å². The predicted octanol–water partition coefficient (Wildman–Crippen LogP) is 6.18. The van der Waals surface area contributed by atoms with E-state index in [0.29, 0.717) is 16.5 Å². The number of thiocarbonyl (C=S) groups is 1. The second-order valence-corrected chi connectivity index (χ2v) is 7.50. The first-order chi connectivity index (χ1) is 17.3. The third-order valence-corrected chi connectivity index (χ3v) is 5.04. The standard InChI is InChI=1S/C12H10N4O2S.C8H4N2S.C3H5ClO2/c1-14-7-3-5-8(6-4-7)15-12-16-10(13)9(19-12)11(17)18-2;1-9-7-2-4-8(5-3-7)10-6-11;1-6-3(5)2-4/h3-6H,13H2,2H3,(H,15,16);2-5H;2H2,1H3. The number of methoxy groups -OCH3 is 2. The minimum absolute atomic E-state index is 0.0590. The molecular formula is C23H19ClN6O4S2. The van der Waals surface area contributed by atoms with Gasteiger partial charge in [-0.15, -0.1) is 11.6 Å². The molecule has 3 rings (SSSR count). The molecule has 0 aliphatic carbocycles. The van der Waals surface area contributed by atoms with E-state index in [4.69, 9.17) is 30.5 Å². The Balaban J connectivity index is 0.000000321. The van der Waals surface area contributed by atoms with Crippen molar-refractivity contribution in [3.63, 3.8) is 0 Å². The Hall–Kier alpha value is -4.32. The molecule has 0 saturated heterocycles. The molecule has 0 amide bonds. The number of carbonyl (C=O) groups excluding carboxylic acids is 2. The molecule has 1 aromatic heterocycles. The lowest BCUT2D eigenvalue weighted by molar-refractivity contribution is -0.137. The number of alkyl halides is 1.